The van der Waals surface area contributed by atoms with Gasteiger partial charge in [-0.15, -0.1) is 0 Å². The van der Waals surface area contributed by atoms with Crippen LogP contribution in [0.5, 0.6) is 5.75 Å². The van der Waals surface area contributed by atoms with E-state index in [1.54, 1.807) is 43.7 Å². The largest absolute Gasteiger partial charge is 0.481 e. The van der Waals surface area contributed by atoms with Gasteiger partial charge in [0.15, 0.2) is 6.10 Å². The highest BCUT2D eigenvalue weighted by Gasteiger charge is 2.15. The molecule has 1 aromatic heterocycles. The standard InChI is InChI=1S/C19H16N4O2/c1-14(25-18-4-2-3-15(11-18)12-20)19(24)22-16-5-7-17(8-6-16)23-10-9-21-13-23/h2-11,13-14H,1H3,(H,22,24)/t14-/m1/s1. The van der Waals surface area contributed by atoms with Crippen molar-refractivity contribution in [3.63, 3.8) is 0 Å². The van der Waals surface area contributed by atoms with E-state index in [1.807, 2.05) is 41.1 Å². The lowest BCUT2D eigenvalue weighted by Crippen LogP contribution is -2.30. The van der Waals surface area contributed by atoms with Gasteiger partial charge >= 0.3 is 0 Å². The molecule has 3 rings (SSSR count). The molecule has 0 saturated heterocycles. The van der Waals surface area contributed by atoms with Gasteiger partial charge in [-0.2, -0.15) is 5.26 Å². The number of rotatable bonds is 5. The third-order valence-electron chi connectivity index (χ3n) is 3.58. The quantitative estimate of drug-likeness (QED) is 0.778. The number of nitrogens with one attached hydrogen (secondary N) is 1. The number of benzene rings is 2. The van der Waals surface area contributed by atoms with Crippen molar-refractivity contribution in [2.75, 3.05) is 5.32 Å². The van der Waals surface area contributed by atoms with Gasteiger partial charge in [0.25, 0.3) is 5.91 Å². The van der Waals surface area contributed by atoms with Gasteiger partial charge in [-0.25, -0.2) is 4.98 Å². The maximum atomic E-state index is 12.3. The van der Waals surface area contributed by atoms with Gasteiger partial charge in [0.2, 0.25) is 0 Å². The molecule has 0 aliphatic heterocycles. The smallest absolute Gasteiger partial charge is 0.265 e. The summed E-state index contributed by atoms with van der Waals surface area (Å²) in [4.78, 5) is 16.3. The number of anilines is 1. The van der Waals surface area contributed by atoms with Crippen LogP contribution in [0.4, 0.5) is 5.69 Å². The molecule has 2 aromatic carbocycles. The van der Waals surface area contributed by atoms with Crippen molar-refractivity contribution in [2.24, 2.45) is 0 Å². The zero-order valence-electron chi connectivity index (χ0n) is 13.6. The maximum Gasteiger partial charge on any atom is 0.265 e. The van der Waals surface area contributed by atoms with E-state index in [2.05, 4.69) is 10.3 Å². The molecule has 3 aromatic rings. The van der Waals surface area contributed by atoms with E-state index in [0.29, 0.717) is 17.0 Å². The minimum atomic E-state index is -0.692. The van der Waals surface area contributed by atoms with Crippen molar-refractivity contribution in [1.82, 2.24) is 9.55 Å². The van der Waals surface area contributed by atoms with Gasteiger partial charge in [0.1, 0.15) is 5.75 Å². The van der Waals surface area contributed by atoms with Crippen LogP contribution < -0.4 is 10.1 Å². The van der Waals surface area contributed by atoms with Crippen LogP contribution >= 0.6 is 0 Å². The van der Waals surface area contributed by atoms with Crippen LogP contribution in [0.2, 0.25) is 0 Å². The Morgan fingerprint density at radius 1 is 1.28 bits per heavy atom. The normalized spacial score (nSPS) is 11.4. The average molecular weight is 332 g/mol. The molecule has 6 heteroatoms. The van der Waals surface area contributed by atoms with Crippen molar-refractivity contribution in [2.45, 2.75) is 13.0 Å². The summed E-state index contributed by atoms with van der Waals surface area (Å²) in [5.74, 6) is 0.217. The summed E-state index contributed by atoms with van der Waals surface area (Å²) in [6.07, 6.45) is 4.57. The monoisotopic (exact) mass is 332 g/mol. The molecule has 124 valence electrons. The molecule has 0 fully saturated rings. The number of ether oxygens (including phenoxy) is 1. The summed E-state index contributed by atoms with van der Waals surface area (Å²) in [6, 6.07) is 16.2. The number of nitrogens with zero attached hydrogens (tertiary/aromatic N) is 3. The highest BCUT2D eigenvalue weighted by molar-refractivity contribution is 5.94. The number of imidazole rings is 1. The van der Waals surface area contributed by atoms with E-state index in [0.717, 1.165) is 5.69 Å². The molecule has 1 atom stereocenters. The number of carbonyl (C=O) groups excluding carboxylic acids is 1. The van der Waals surface area contributed by atoms with E-state index in [-0.39, 0.29) is 5.91 Å². The summed E-state index contributed by atoms with van der Waals surface area (Å²) >= 11 is 0. The van der Waals surface area contributed by atoms with Crippen LogP contribution in [-0.4, -0.2) is 21.6 Å². The average Bonchev–Trinajstić information content (AvgIpc) is 3.17. The summed E-state index contributed by atoms with van der Waals surface area (Å²) in [6.45, 7) is 1.66. The fraction of sp³-hybridized carbons (Fsp3) is 0.105. The summed E-state index contributed by atoms with van der Waals surface area (Å²) in [7, 11) is 0. The van der Waals surface area contributed by atoms with Crippen molar-refractivity contribution < 1.29 is 9.53 Å². The Balaban J connectivity index is 1.62. The van der Waals surface area contributed by atoms with E-state index < -0.39 is 6.10 Å². The van der Waals surface area contributed by atoms with Gasteiger partial charge in [0, 0.05) is 23.8 Å². The summed E-state index contributed by atoms with van der Waals surface area (Å²) < 4.78 is 7.47. The van der Waals surface area contributed by atoms with Crippen LogP contribution in [-0.2, 0) is 4.79 Å². The lowest BCUT2D eigenvalue weighted by molar-refractivity contribution is -0.122. The molecule has 0 bridgehead atoms. The molecule has 25 heavy (non-hydrogen) atoms. The zero-order chi connectivity index (χ0) is 17.6. The van der Waals surface area contributed by atoms with Crippen molar-refractivity contribution in [3.8, 4) is 17.5 Å². The highest BCUT2D eigenvalue weighted by atomic mass is 16.5. The van der Waals surface area contributed by atoms with E-state index in [4.69, 9.17) is 10.00 Å². The predicted molar refractivity (Wildman–Crippen MR) is 93.4 cm³/mol. The molecule has 0 saturated carbocycles. The number of amides is 1. The third-order valence-corrected chi connectivity index (χ3v) is 3.58. The molecule has 6 nitrogen and oxygen atoms in total. The number of nitriles is 1. The minimum Gasteiger partial charge on any atom is -0.481 e. The first kappa shape index (κ1) is 16.3. The van der Waals surface area contributed by atoms with Crippen LogP contribution in [0.15, 0.2) is 67.3 Å². The van der Waals surface area contributed by atoms with Crippen LogP contribution in [0.25, 0.3) is 5.69 Å². The van der Waals surface area contributed by atoms with Gasteiger partial charge in [-0.1, -0.05) is 6.07 Å². The second-order valence-corrected chi connectivity index (χ2v) is 5.41. The molecule has 0 radical (unpaired) electrons. The lowest BCUT2D eigenvalue weighted by Gasteiger charge is -2.15. The zero-order valence-corrected chi connectivity index (χ0v) is 13.6. The van der Waals surface area contributed by atoms with Crippen molar-refractivity contribution in [3.05, 3.63) is 72.8 Å². The van der Waals surface area contributed by atoms with Gasteiger partial charge < -0.3 is 14.6 Å². The molecule has 1 amide bonds. The van der Waals surface area contributed by atoms with Crippen LogP contribution in [0.3, 0.4) is 0 Å². The molecular formula is C19H16N4O2. The fourth-order valence-electron chi connectivity index (χ4n) is 2.27. The first-order valence-electron chi connectivity index (χ1n) is 7.72. The first-order valence-corrected chi connectivity index (χ1v) is 7.72. The Labute approximate surface area is 145 Å². The van der Waals surface area contributed by atoms with Crippen molar-refractivity contribution in [1.29, 1.82) is 5.26 Å². The number of hydrogen-bond donors (Lipinski definition) is 1. The summed E-state index contributed by atoms with van der Waals surface area (Å²) in [5.41, 5.74) is 2.11. The topological polar surface area (TPSA) is 79.9 Å². The van der Waals surface area contributed by atoms with E-state index in [1.165, 1.54) is 0 Å². The Kier molecular flexibility index (Phi) is 4.77. The Hall–Kier alpha value is -3.59. The van der Waals surface area contributed by atoms with Gasteiger partial charge in [-0.3, -0.25) is 4.79 Å². The number of aromatic nitrogens is 2. The molecule has 1 N–H and O–H groups in total. The second kappa shape index (κ2) is 7.32. The van der Waals surface area contributed by atoms with Crippen molar-refractivity contribution >= 4 is 11.6 Å². The van der Waals surface area contributed by atoms with Crippen LogP contribution in [0, 0.1) is 11.3 Å². The highest BCUT2D eigenvalue weighted by Crippen LogP contribution is 2.16. The second-order valence-electron chi connectivity index (χ2n) is 5.41. The molecule has 0 aliphatic carbocycles. The van der Waals surface area contributed by atoms with Gasteiger partial charge in [0.05, 0.1) is 18.0 Å². The van der Waals surface area contributed by atoms with Crippen LogP contribution in [0.1, 0.15) is 12.5 Å². The molecule has 0 spiro atoms. The fourth-order valence-corrected chi connectivity index (χ4v) is 2.27. The molecule has 0 aliphatic rings. The molecule has 1 heterocycles. The molecular weight excluding hydrogens is 316 g/mol. The predicted octanol–water partition coefficient (Wildman–Crippen LogP) is 3.15. The Morgan fingerprint density at radius 3 is 2.76 bits per heavy atom. The Bertz CT molecular complexity index is 896. The number of carbonyl (C=O) groups is 1. The number of hydrogen-bond acceptors (Lipinski definition) is 4. The minimum absolute atomic E-state index is 0.266. The Morgan fingerprint density at radius 2 is 2.08 bits per heavy atom. The lowest BCUT2D eigenvalue weighted by atomic mass is 10.2. The van der Waals surface area contributed by atoms with Gasteiger partial charge in [-0.05, 0) is 49.4 Å². The first-order chi connectivity index (χ1) is 12.2. The van der Waals surface area contributed by atoms with E-state index >= 15 is 0 Å². The maximum absolute atomic E-state index is 12.3. The van der Waals surface area contributed by atoms with E-state index in [9.17, 15) is 4.79 Å². The SMILES string of the molecule is C[C@@H](Oc1cccc(C#N)c1)C(=O)Nc1ccc(-n2ccnc2)cc1. The summed E-state index contributed by atoms with van der Waals surface area (Å²) in [5, 5.41) is 11.7. The molecule has 0 unspecified atom stereocenters. The third kappa shape index (κ3) is 4.03.